The van der Waals surface area contributed by atoms with E-state index < -0.39 is 23.4 Å². The van der Waals surface area contributed by atoms with Crippen LogP contribution in [0.2, 0.25) is 0 Å². The molecule has 1 aromatic heterocycles. The lowest BCUT2D eigenvalue weighted by Gasteiger charge is -2.39. The van der Waals surface area contributed by atoms with Gasteiger partial charge >= 0.3 is 12.0 Å². The number of hydrogen-bond donors (Lipinski definition) is 2. The predicted molar refractivity (Wildman–Crippen MR) is 143 cm³/mol. The zero-order valence-electron chi connectivity index (χ0n) is 21.5. The van der Waals surface area contributed by atoms with Crippen molar-refractivity contribution < 1.29 is 23.8 Å². The topological polar surface area (TPSA) is 105 Å². The molecule has 1 aliphatic heterocycles. The first kappa shape index (κ1) is 26.0. The maximum Gasteiger partial charge on any atom is 0.347 e. The number of nitrogens with one attached hydrogen (secondary N) is 1. The molecule has 8 nitrogen and oxygen atoms in total. The number of hydrogen-bond acceptors (Lipinski definition) is 6. The molecule has 0 radical (unpaired) electrons. The monoisotopic (exact) mass is 526 g/mol. The Hall–Kier alpha value is -4.63. The normalized spacial score (nSPS) is 17.7. The van der Waals surface area contributed by atoms with Crippen molar-refractivity contribution in [2.45, 2.75) is 32.0 Å². The average Bonchev–Trinajstić information content (AvgIpc) is 3.03. The lowest BCUT2D eigenvalue weighted by Crippen LogP contribution is -2.58. The molecule has 5 rings (SSSR count). The predicted octanol–water partition coefficient (Wildman–Crippen LogP) is 4.14. The first-order valence-corrected chi connectivity index (χ1v) is 12.4. The van der Waals surface area contributed by atoms with Gasteiger partial charge in [0.2, 0.25) is 12.0 Å². The summed E-state index contributed by atoms with van der Waals surface area (Å²) in [5, 5.41) is 13.9. The molecule has 1 aliphatic rings. The van der Waals surface area contributed by atoms with Crippen molar-refractivity contribution in [2.75, 3.05) is 11.4 Å². The fourth-order valence-electron chi connectivity index (χ4n) is 5.09. The third-order valence-electron chi connectivity index (χ3n) is 6.70. The number of benzene rings is 3. The summed E-state index contributed by atoms with van der Waals surface area (Å²) in [6, 6.07) is 23.8. The van der Waals surface area contributed by atoms with Crippen LogP contribution in [-0.2, 0) is 21.7 Å². The molecule has 2 N–H and O–H groups in total. The number of fused-ring (bicyclic) bond motifs is 1. The van der Waals surface area contributed by atoms with Crippen molar-refractivity contribution in [2.24, 2.45) is 0 Å². The van der Waals surface area contributed by atoms with E-state index in [4.69, 9.17) is 4.74 Å². The van der Waals surface area contributed by atoms with Gasteiger partial charge in [0.05, 0.1) is 13.1 Å². The highest BCUT2D eigenvalue weighted by molar-refractivity contribution is 5.97. The number of amides is 1. The molecule has 0 aliphatic carbocycles. The molecular formula is C30H27FN4O4. The minimum atomic E-state index is -1.57. The highest BCUT2D eigenvalue weighted by Gasteiger charge is 2.52. The minimum Gasteiger partial charge on any atom is -0.478 e. The summed E-state index contributed by atoms with van der Waals surface area (Å²) in [5.74, 6) is -1.99. The number of anilines is 1. The van der Waals surface area contributed by atoms with Crippen molar-refractivity contribution in [3.8, 4) is 6.01 Å². The van der Waals surface area contributed by atoms with Crippen molar-refractivity contribution in [1.82, 2.24) is 15.3 Å². The molecule has 9 heteroatoms. The molecule has 1 amide bonds. The Balaban J connectivity index is 1.72. The summed E-state index contributed by atoms with van der Waals surface area (Å²) in [7, 11) is 0. The van der Waals surface area contributed by atoms with Crippen LogP contribution in [0.3, 0.4) is 0 Å². The van der Waals surface area contributed by atoms with Gasteiger partial charge < -0.3 is 14.7 Å². The molecule has 0 unspecified atom stereocenters. The Kier molecular flexibility index (Phi) is 7.08. The maximum atomic E-state index is 14.0. The molecule has 2 heterocycles. The van der Waals surface area contributed by atoms with Crippen LogP contribution in [0.4, 0.5) is 10.1 Å². The molecule has 3 aromatic carbocycles. The minimum absolute atomic E-state index is 0.0818. The third kappa shape index (κ3) is 5.08. The number of ether oxygens (including phenoxy) is 1. The third-order valence-corrected chi connectivity index (χ3v) is 6.70. The SMILES string of the molecule is Cc1cc(C)nc(O[C@H](C(=O)O)[C@@]2(c3ccccc3)NCC(=O)N(Cc3cccc(F)c3)c3ccccc32)n1. The Morgan fingerprint density at radius 2 is 1.72 bits per heavy atom. The zero-order valence-corrected chi connectivity index (χ0v) is 21.5. The molecule has 2 atom stereocenters. The van der Waals surface area contributed by atoms with E-state index in [1.807, 2.05) is 6.07 Å². The van der Waals surface area contributed by atoms with Gasteiger partial charge in [0, 0.05) is 22.6 Å². The lowest BCUT2D eigenvalue weighted by atomic mass is 9.77. The highest BCUT2D eigenvalue weighted by atomic mass is 19.1. The summed E-state index contributed by atoms with van der Waals surface area (Å²) in [6.45, 7) is 3.43. The second-order valence-corrected chi connectivity index (χ2v) is 9.42. The van der Waals surface area contributed by atoms with E-state index in [-0.39, 0.29) is 25.0 Å². The van der Waals surface area contributed by atoms with Gasteiger partial charge in [-0.3, -0.25) is 10.1 Å². The molecule has 0 saturated heterocycles. The van der Waals surface area contributed by atoms with E-state index in [1.165, 1.54) is 17.0 Å². The fourth-order valence-corrected chi connectivity index (χ4v) is 5.09. The van der Waals surface area contributed by atoms with E-state index in [2.05, 4.69) is 15.3 Å². The van der Waals surface area contributed by atoms with Crippen LogP contribution in [0.15, 0.2) is 84.9 Å². The number of carboxylic acids is 1. The van der Waals surface area contributed by atoms with Crippen molar-refractivity contribution >= 4 is 17.6 Å². The molecule has 0 bridgehead atoms. The van der Waals surface area contributed by atoms with Crippen LogP contribution in [0.1, 0.15) is 28.1 Å². The molecule has 0 saturated carbocycles. The van der Waals surface area contributed by atoms with Gasteiger partial charge in [-0.05, 0) is 49.2 Å². The molecule has 4 aromatic rings. The van der Waals surface area contributed by atoms with Crippen LogP contribution in [-0.4, -0.2) is 39.6 Å². The van der Waals surface area contributed by atoms with E-state index in [9.17, 15) is 19.1 Å². The highest BCUT2D eigenvalue weighted by Crippen LogP contribution is 2.42. The smallest absolute Gasteiger partial charge is 0.347 e. The van der Waals surface area contributed by atoms with Gasteiger partial charge in [-0.15, -0.1) is 0 Å². The average molecular weight is 527 g/mol. The first-order valence-electron chi connectivity index (χ1n) is 12.4. The Morgan fingerprint density at radius 3 is 2.41 bits per heavy atom. The van der Waals surface area contributed by atoms with E-state index >= 15 is 0 Å². The second-order valence-electron chi connectivity index (χ2n) is 9.42. The van der Waals surface area contributed by atoms with Crippen molar-refractivity contribution in [3.63, 3.8) is 0 Å². The molecule has 39 heavy (non-hydrogen) atoms. The molecule has 0 fully saturated rings. The van der Waals surface area contributed by atoms with Gasteiger partial charge in [-0.1, -0.05) is 60.7 Å². The quantitative estimate of drug-likeness (QED) is 0.373. The van der Waals surface area contributed by atoms with Gasteiger partial charge in [-0.25, -0.2) is 19.2 Å². The Bertz CT molecular complexity index is 1510. The van der Waals surface area contributed by atoms with Crippen LogP contribution in [0.5, 0.6) is 6.01 Å². The van der Waals surface area contributed by atoms with Crippen LogP contribution < -0.4 is 15.0 Å². The lowest BCUT2D eigenvalue weighted by molar-refractivity contribution is -0.149. The number of carbonyl (C=O) groups excluding carboxylic acids is 1. The number of carboxylic acid groups (broad SMARTS) is 1. The first-order chi connectivity index (χ1) is 18.8. The summed E-state index contributed by atoms with van der Waals surface area (Å²) in [5.41, 5.74) is 1.90. The Labute approximate surface area is 225 Å². The van der Waals surface area contributed by atoms with E-state index in [0.717, 1.165) is 0 Å². The van der Waals surface area contributed by atoms with Crippen LogP contribution in [0.25, 0.3) is 0 Å². The summed E-state index contributed by atoms with van der Waals surface area (Å²) >= 11 is 0. The second kappa shape index (κ2) is 10.6. The van der Waals surface area contributed by atoms with Crippen LogP contribution in [0, 0.1) is 19.7 Å². The van der Waals surface area contributed by atoms with E-state index in [1.54, 1.807) is 80.6 Å². The van der Waals surface area contributed by atoms with Crippen LogP contribution >= 0.6 is 0 Å². The number of para-hydroxylation sites is 1. The molecular weight excluding hydrogens is 499 g/mol. The largest absolute Gasteiger partial charge is 0.478 e. The standard InChI is InChI=1S/C30H27FN4O4/c1-19-15-20(2)34-29(33-19)39-27(28(37)38)30(22-10-4-3-5-11-22)24-13-6-7-14-25(24)35(26(36)17-32-30)18-21-9-8-12-23(31)16-21/h3-16,27,32H,17-18H2,1-2H3,(H,37,38)/t27-,30+/m1/s1. The summed E-state index contributed by atoms with van der Waals surface area (Å²) in [4.78, 5) is 36.7. The number of nitrogens with zero attached hydrogens (tertiary/aromatic N) is 3. The number of halogens is 1. The maximum absolute atomic E-state index is 14.0. The number of aromatic nitrogens is 2. The van der Waals surface area contributed by atoms with Crippen molar-refractivity contribution in [1.29, 1.82) is 0 Å². The number of aliphatic carboxylic acids is 1. The van der Waals surface area contributed by atoms with Gasteiger partial charge in [0.1, 0.15) is 11.4 Å². The van der Waals surface area contributed by atoms with Gasteiger partial charge in [0.15, 0.2) is 0 Å². The number of carbonyl (C=O) groups is 2. The zero-order chi connectivity index (χ0) is 27.6. The Morgan fingerprint density at radius 1 is 1.03 bits per heavy atom. The van der Waals surface area contributed by atoms with Gasteiger partial charge in [-0.2, -0.15) is 0 Å². The van der Waals surface area contributed by atoms with Gasteiger partial charge in [0.25, 0.3) is 0 Å². The number of aryl methyl sites for hydroxylation is 2. The summed E-state index contributed by atoms with van der Waals surface area (Å²) in [6.07, 6.45) is -1.57. The van der Waals surface area contributed by atoms with E-state index in [0.29, 0.717) is 33.8 Å². The number of rotatable bonds is 7. The fraction of sp³-hybridized carbons (Fsp3) is 0.200. The molecule has 198 valence electrons. The summed E-state index contributed by atoms with van der Waals surface area (Å²) < 4.78 is 20.1. The van der Waals surface area contributed by atoms with Crippen molar-refractivity contribution in [3.05, 3.63) is 119 Å². The molecule has 0 spiro atoms.